The lowest BCUT2D eigenvalue weighted by Gasteiger charge is -2.19. The first-order valence-corrected chi connectivity index (χ1v) is 4.86. The van der Waals surface area contributed by atoms with Gasteiger partial charge in [-0.2, -0.15) is 0 Å². The Balaban J connectivity index is 2.22. The molecule has 0 radical (unpaired) electrons. The van der Waals surface area contributed by atoms with E-state index in [2.05, 4.69) is 17.9 Å². The summed E-state index contributed by atoms with van der Waals surface area (Å²) in [7, 11) is 0. The van der Waals surface area contributed by atoms with Crippen molar-refractivity contribution in [3.63, 3.8) is 0 Å². The molecule has 1 fully saturated rings. The van der Waals surface area contributed by atoms with Crippen molar-refractivity contribution in [2.45, 2.75) is 26.7 Å². The van der Waals surface area contributed by atoms with Crippen LogP contribution in [0.5, 0.6) is 0 Å². The quantitative estimate of drug-likeness (QED) is 0.597. The molecule has 1 aliphatic rings. The molecule has 0 aliphatic carbocycles. The van der Waals surface area contributed by atoms with Crippen LogP contribution in [0.1, 0.15) is 26.7 Å². The van der Waals surface area contributed by atoms with E-state index in [1.54, 1.807) is 0 Å². The lowest BCUT2D eigenvalue weighted by atomic mass is 10.3. The van der Waals surface area contributed by atoms with Crippen molar-refractivity contribution in [3.8, 4) is 0 Å². The SMILES string of the molecule is C/C=C1\CCCN1CCOCC. The number of hydrogen-bond donors (Lipinski definition) is 0. The fraction of sp³-hybridized carbons (Fsp3) is 0.800. The minimum atomic E-state index is 0.832. The Hall–Kier alpha value is -0.500. The third kappa shape index (κ3) is 2.52. The Kier molecular flexibility index (Phi) is 4.15. The molecule has 0 spiro atoms. The minimum Gasteiger partial charge on any atom is -0.380 e. The highest BCUT2D eigenvalue weighted by molar-refractivity contribution is 5.04. The van der Waals surface area contributed by atoms with Crippen molar-refractivity contribution in [3.05, 3.63) is 11.8 Å². The molecule has 1 aliphatic heterocycles. The molecule has 0 N–H and O–H groups in total. The Morgan fingerprint density at radius 2 is 2.42 bits per heavy atom. The average Bonchev–Trinajstić information content (AvgIpc) is 2.52. The van der Waals surface area contributed by atoms with Crippen molar-refractivity contribution >= 4 is 0 Å². The van der Waals surface area contributed by atoms with E-state index in [1.165, 1.54) is 25.1 Å². The van der Waals surface area contributed by atoms with E-state index in [9.17, 15) is 0 Å². The maximum atomic E-state index is 5.32. The average molecular weight is 169 g/mol. The van der Waals surface area contributed by atoms with E-state index in [1.807, 2.05) is 6.92 Å². The maximum absolute atomic E-state index is 5.32. The summed E-state index contributed by atoms with van der Waals surface area (Å²) >= 11 is 0. The van der Waals surface area contributed by atoms with Crippen LogP contribution in [0.25, 0.3) is 0 Å². The van der Waals surface area contributed by atoms with Gasteiger partial charge in [0.1, 0.15) is 0 Å². The van der Waals surface area contributed by atoms with E-state index in [4.69, 9.17) is 4.74 Å². The summed E-state index contributed by atoms with van der Waals surface area (Å²) in [5.41, 5.74) is 1.50. The maximum Gasteiger partial charge on any atom is 0.0641 e. The lowest BCUT2D eigenvalue weighted by Crippen LogP contribution is -2.22. The zero-order valence-corrected chi connectivity index (χ0v) is 8.18. The molecule has 0 amide bonds. The van der Waals surface area contributed by atoms with Crippen LogP contribution < -0.4 is 0 Å². The molecular formula is C10H19NO. The van der Waals surface area contributed by atoms with Crippen molar-refractivity contribution < 1.29 is 4.74 Å². The standard InChI is InChI=1S/C10H19NO/c1-3-10-6-5-7-11(10)8-9-12-4-2/h3H,4-9H2,1-2H3/b10-3+. The van der Waals surface area contributed by atoms with Gasteiger partial charge in [0.15, 0.2) is 0 Å². The van der Waals surface area contributed by atoms with Gasteiger partial charge in [0.05, 0.1) is 6.61 Å². The lowest BCUT2D eigenvalue weighted by molar-refractivity contribution is 0.128. The van der Waals surface area contributed by atoms with E-state index in [-0.39, 0.29) is 0 Å². The number of nitrogens with zero attached hydrogens (tertiary/aromatic N) is 1. The summed E-state index contributed by atoms with van der Waals surface area (Å²) in [6.45, 7) is 8.14. The minimum absolute atomic E-state index is 0.832. The van der Waals surface area contributed by atoms with Gasteiger partial charge >= 0.3 is 0 Å². The van der Waals surface area contributed by atoms with Crippen molar-refractivity contribution in [1.29, 1.82) is 0 Å². The van der Waals surface area contributed by atoms with Gasteiger partial charge in [0.2, 0.25) is 0 Å². The highest BCUT2D eigenvalue weighted by Gasteiger charge is 2.14. The second-order valence-corrected chi connectivity index (χ2v) is 3.07. The Morgan fingerprint density at radius 1 is 1.58 bits per heavy atom. The molecule has 0 saturated carbocycles. The third-order valence-corrected chi connectivity index (χ3v) is 2.31. The first kappa shape index (κ1) is 9.59. The summed E-state index contributed by atoms with van der Waals surface area (Å²) in [5.74, 6) is 0. The number of hydrogen-bond acceptors (Lipinski definition) is 2. The molecule has 1 rings (SSSR count). The third-order valence-electron chi connectivity index (χ3n) is 2.31. The fourth-order valence-electron chi connectivity index (χ4n) is 1.65. The topological polar surface area (TPSA) is 12.5 Å². The van der Waals surface area contributed by atoms with Gasteiger partial charge in [-0.3, -0.25) is 0 Å². The summed E-state index contributed by atoms with van der Waals surface area (Å²) in [6.07, 6.45) is 4.79. The normalized spacial score (nSPS) is 20.8. The highest BCUT2D eigenvalue weighted by atomic mass is 16.5. The molecule has 1 heterocycles. The van der Waals surface area contributed by atoms with Gasteiger partial charge in [0, 0.05) is 25.4 Å². The Morgan fingerprint density at radius 3 is 3.08 bits per heavy atom. The van der Waals surface area contributed by atoms with Crippen molar-refractivity contribution in [2.24, 2.45) is 0 Å². The van der Waals surface area contributed by atoms with Crippen molar-refractivity contribution in [2.75, 3.05) is 26.3 Å². The number of likely N-dealkylation sites (tertiary alicyclic amines) is 1. The van der Waals surface area contributed by atoms with Crippen LogP contribution in [0.15, 0.2) is 11.8 Å². The number of allylic oxidation sites excluding steroid dienone is 2. The van der Waals surface area contributed by atoms with Crippen LogP contribution in [0.2, 0.25) is 0 Å². The molecule has 70 valence electrons. The molecule has 0 unspecified atom stereocenters. The molecule has 0 aromatic rings. The molecule has 0 aromatic heterocycles. The van der Waals surface area contributed by atoms with Crippen molar-refractivity contribution in [1.82, 2.24) is 4.90 Å². The highest BCUT2D eigenvalue weighted by Crippen LogP contribution is 2.19. The van der Waals surface area contributed by atoms with Crippen LogP contribution in [-0.2, 0) is 4.74 Å². The number of rotatable bonds is 4. The molecule has 1 saturated heterocycles. The predicted octanol–water partition coefficient (Wildman–Crippen LogP) is 2.02. The first-order valence-electron chi connectivity index (χ1n) is 4.86. The van der Waals surface area contributed by atoms with Crippen LogP contribution in [0, 0.1) is 0 Å². The Bertz CT molecular complexity index is 154. The molecule has 0 aromatic carbocycles. The zero-order valence-electron chi connectivity index (χ0n) is 8.18. The zero-order chi connectivity index (χ0) is 8.81. The molecular weight excluding hydrogens is 150 g/mol. The van der Waals surface area contributed by atoms with Crippen LogP contribution in [-0.4, -0.2) is 31.2 Å². The van der Waals surface area contributed by atoms with Crippen LogP contribution >= 0.6 is 0 Å². The Labute approximate surface area is 75.2 Å². The van der Waals surface area contributed by atoms with Gasteiger partial charge in [-0.05, 0) is 26.7 Å². The van der Waals surface area contributed by atoms with E-state index in [0.717, 1.165) is 19.8 Å². The van der Waals surface area contributed by atoms with E-state index >= 15 is 0 Å². The van der Waals surface area contributed by atoms with Gasteiger partial charge < -0.3 is 9.64 Å². The first-order chi connectivity index (χ1) is 5.88. The largest absolute Gasteiger partial charge is 0.380 e. The van der Waals surface area contributed by atoms with Gasteiger partial charge in [-0.15, -0.1) is 0 Å². The van der Waals surface area contributed by atoms with Crippen LogP contribution in [0.4, 0.5) is 0 Å². The van der Waals surface area contributed by atoms with Gasteiger partial charge in [-0.25, -0.2) is 0 Å². The van der Waals surface area contributed by atoms with Gasteiger partial charge in [0.25, 0.3) is 0 Å². The van der Waals surface area contributed by atoms with Gasteiger partial charge in [-0.1, -0.05) is 6.08 Å². The molecule has 2 heteroatoms. The number of ether oxygens (including phenoxy) is 1. The van der Waals surface area contributed by atoms with E-state index < -0.39 is 0 Å². The molecule has 12 heavy (non-hydrogen) atoms. The monoisotopic (exact) mass is 169 g/mol. The second kappa shape index (κ2) is 5.20. The molecule has 2 nitrogen and oxygen atoms in total. The summed E-state index contributed by atoms with van der Waals surface area (Å²) in [6, 6.07) is 0. The fourth-order valence-corrected chi connectivity index (χ4v) is 1.65. The van der Waals surface area contributed by atoms with E-state index in [0.29, 0.717) is 0 Å². The molecule has 0 atom stereocenters. The summed E-state index contributed by atoms with van der Waals surface area (Å²) in [5, 5.41) is 0. The predicted molar refractivity (Wildman–Crippen MR) is 51.1 cm³/mol. The summed E-state index contributed by atoms with van der Waals surface area (Å²) in [4.78, 5) is 2.43. The molecule has 0 bridgehead atoms. The summed E-state index contributed by atoms with van der Waals surface area (Å²) < 4.78 is 5.32. The smallest absolute Gasteiger partial charge is 0.0641 e. The van der Waals surface area contributed by atoms with Crippen LogP contribution in [0.3, 0.4) is 0 Å². The second-order valence-electron chi connectivity index (χ2n) is 3.07.